The summed E-state index contributed by atoms with van der Waals surface area (Å²) in [5.74, 6) is 1.03. The summed E-state index contributed by atoms with van der Waals surface area (Å²) in [7, 11) is 1.67. The fourth-order valence-corrected chi connectivity index (χ4v) is 2.81. The van der Waals surface area contributed by atoms with E-state index in [0.29, 0.717) is 12.5 Å². The largest absolute Gasteiger partial charge is 0.383 e. The number of nitrogens with two attached hydrogens (primary N) is 1. The van der Waals surface area contributed by atoms with Gasteiger partial charge in [0.15, 0.2) is 0 Å². The highest BCUT2D eigenvalue weighted by atomic mass is 16.5. The summed E-state index contributed by atoms with van der Waals surface area (Å²) in [6.07, 6.45) is 6.39. The first-order valence-corrected chi connectivity index (χ1v) is 7.20. The molecule has 1 rings (SSSR count). The summed E-state index contributed by atoms with van der Waals surface area (Å²) in [6.45, 7) is 3.41. The van der Waals surface area contributed by atoms with Crippen molar-refractivity contribution in [2.24, 2.45) is 17.6 Å². The molecule has 1 aliphatic carbocycles. The Hall–Kier alpha value is -0.610. The van der Waals surface area contributed by atoms with Crippen LogP contribution >= 0.6 is 0 Å². The molecule has 1 saturated carbocycles. The zero-order chi connectivity index (χ0) is 13.4. The zero-order valence-electron chi connectivity index (χ0n) is 11.8. The second-order valence-electron chi connectivity index (χ2n) is 5.38. The van der Waals surface area contributed by atoms with Gasteiger partial charge in [0.2, 0.25) is 5.91 Å². The fraction of sp³-hybridized carbons (Fsp3) is 0.929. The molecular formula is C14H28N2O2. The molecule has 18 heavy (non-hydrogen) atoms. The molecule has 106 valence electrons. The van der Waals surface area contributed by atoms with Crippen molar-refractivity contribution >= 4 is 5.91 Å². The van der Waals surface area contributed by atoms with Gasteiger partial charge in [0.1, 0.15) is 0 Å². The first-order valence-electron chi connectivity index (χ1n) is 7.20. The Morgan fingerprint density at radius 2 is 2.28 bits per heavy atom. The Morgan fingerprint density at radius 3 is 2.89 bits per heavy atom. The molecule has 0 bridgehead atoms. The molecule has 3 N–H and O–H groups in total. The third-order valence-corrected chi connectivity index (χ3v) is 3.94. The molecular weight excluding hydrogens is 228 g/mol. The molecule has 4 nitrogen and oxygen atoms in total. The minimum Gasteiger partial charge on any atom is -0.383 e. The molecule has 0 heterocycles. The SMILES string of the molecule is CCC(COC)NC(=O)C1CCCC(CCN)C1. The molecule has 3 unspecified atom stereocenters. The van der Waals surface area contributed by atoms with Crippen molar-refractivity contribution in [2.75, 3.05) is 20.3 Å². The number of rotatable bonds is 7. The van der Waals surface area contributed by atoms with Crippen LogP contribution in [0.2, 0.25) is 0 Å². The lowest BCUT2D eigenvalue weighted by Crippen LogP contribution is -2.42. The summed E-state index contributed by atoms with van der Waals surface area (Å²) in [4.78, 5) is 12.2. The van der Waals surface area contributed by atoms with E-state index < -0.39 is 0 Å². The molecule has 1 amide bonds. The van der Waals surface area contributed by atoms with Gasteiger partial charge in [0.25, 0.3) is 0 Å². The molecule has 0 saturated heterocycles. The molecule has 0 aromatic carbocycles. The minimum absolute atomic E-state index is 0.150. The van der Waals surface area contributed by atoms with Crippen molar-refractivity contribution in [3.8, 4) is 0 Å². The van der Waals surface area contributed by atoms with Crippen LogP contribution in [0.25, 0.3) is 0 Å². The molecule has 3 atom stereocenters. The van der Waals surface area contributed by atoms with E-state index in [4.69, 9.17) is 10.5 Å². The summed E-state index contributed by atoms with van der Waals surface area (Å²) < 4.78 is 5.11. The molecule has 0 spiro atoms. The lowest BCUT2D eigenvalue weighted by atomic mass is 9.79. The quantitative estimate of drug-likeness (QED) is 0.728. The zero-order valence-corrected chi connectivity index (χ0v) is 11.8. The Kier molecular flexibility index (Phi) is 7.28. The molecule has 4 heteroatoms. The van der Waals surface area contributed by atoms with E-state index in [1.165, 1.54) is 6.42 Å². The molecule has 1 fully saturated rings. The number of methoxy groups -OCH3 is 1. The van der Waals surface area contributed by atoms with Crippen LogP contribution < -0.4 is 11.1 Å². The number of carbonyl (C=O) groups excluding carboxylic acids is 1. The second-order valence-corrected chi connectivity index (χ2v) is 5.38. The Labute approximate surface area is 111 Å². The van der Waals surface area contributed by atoms with E-state index in [1.807, 2.05) is 0 Å². The Morgan fingerprint density at radius 1 is 1.50 bits per heavy atom. The highest BCUT2D eigenvalue weighted by Crippen LogP contribution is 2.31. The summed E-state index contributed by atoms with van der Waals surface area (Å²) >= 11 is 0. The van der Waals surface area contributed by atoms with Crippen LogP contribution in [0.3, 0.4) is 0 Å². The van der Waals surface area contributed by atoms with Gasteiger partial charge in [-0.15, -0.1) is 0 Å². The first kappa shape index (κ1) is 15.4. The van der Waals surface area contributed by atoms with E-state index in [2.05, 4.69) is 12.2 Å². The fourth-order valence-electron chi connectivity index (χ4n) is 2.81. The summed E-state index contributed by atoms with van der Waals surface area (Å²) in [5.41, 5.74) is 5.61. The second kappa shape index (κ2) is 8.48. The van der Waals surface area contributed by atoms with Crippen molar-refractivity contribution < 1.29 is 9.53 Å². The molecule has 0 radical (unpaired) electrons. The number of carbonyl (C=O) groups is 1. The highest BCUT2D eigenvalue weighted by Gasteiger charge is 2.27. The molecule has 0 aromatic heterocycles. The van der Waals surface area contributed by atoms with Gasteiger partial charge in [-0.25, -0.2) is 0 Å². The van der Waals surface area contributed by atoms with Crippen molar-refractivity contribution in [2.45, 2.75) is 51.5 Å². The van der Waals surface area contributed by atoms with Crippen molar-refractivity contribution in [3.63, 3.8) is 0 Å². The van der Waals surface area contributed by atoms with Crippen LogP contribution in [-0.2, 0) is 9.53 Å². The van der Waals surface area contributed by atoms with Crippen LogP contribution in [0.15, 0.2) is 0 Å². The smallest absolute Gasteiger partial charge is 0.223 e. The summed E-state index contributed by atoms with van der Waals surface area (Å²) in [6, 6.07) is 0.150. The van der Waals surface area contributed by atoms with Crippen LogP contribution in [0.1, 0.15) is 45.4 Å². The summed E-state index contributed by atoms with van der Waals surface area (Å²) in [5, 5.41) is 3.10. The van der Waals surface area contributed by atoms with Crippen molar-refractivity contribution in [3.05, 3.63) is 0 Å². The van der Waals surface area contributed by atoms with Crippen LogP contribution in [0, 0.1) is 11.8 Å². The normalized spacial score (nSPS) is 25.7. The number of nitrogens with one attached hydrogen (secondary N) is 1. The lowest BCUT2D eigenvalue weighted by molar-refractivity contribution is -0.127. The van der Waals surface area contributed by atoms with Gasteiger partial charge in [-0.2, -0.15) is 0 Å². The third kappa shape index (κ3) is 4.94. The third-order valence-electron chi connectivity index (χ3n) is 3.94. The van der Waals surface area contributed by atoms with Gasteiger partial charge >= 0.3 is 0 Å². The standard InChI is InChI=1S/C14H28N2O2/c1-3-13(10-18-2)16-14(17)12-6-4-5-11(9-12)7-8-15/h11-13H,3-10,15H2,1-2H3,(H,16,17). The minimum atomic E-state index is 0.150. The molecule has 0 aliphatic heterocycles. The number of ether oxygens (including phenoxy) is 1. The van der Waals surface area contributed by atoms with Crippen molar-refractivity contribution in [1.29, 1.82) is 0 Å². The van der Waals surface area contributed by atoms with Gasteiger partial charge in [-0.05, 0) is 38.1 Å². The van der Waals surface area contributed by atoms with Crippen LogP contribution in [-0.4, -0.2) is 32.2 Å². The predicted octanol–water partition coefficient (Wildman–Crippen LogP) is 1.68. The van der Waals surface area contributed by atoms with E-state index in [1.54, 1.807) is 7.11 Å². The maximum absolute atomic E-state index is 12.2. The van der Waals surface area contributed by atoms with Gasteiger partial charge in [-0.1, -0.05) is 19.8 Å². The Balaban J connectivity index is 2.40. The van der Waals surface area contributed by atoms with Crippen molar-refractivity contribution in [1.82, 2.24) is 5.32 Å². The maximum atomic E-state index is 12.2. The van der Waals surface area contributed by atoms with Gasteiger partial charge < -0.3 is 15.8 Å². The molecule has 0 aromatic rings. The van der Waals surface area contributed by atoms with Gasteiger partial charge in [0, 0.05) is 13.0 Å². The van der Waals surface area contributed by atoms with E-state index in [9.17, 15) is 4.79 Å². The lowest BCUT2D eigenvalue weighted by Gasteiger charge is -2.29. The van der Waals surface area contributed by atoms with E-state index in [0.717, 1.165) is 38.6 Å². The van der Waals surface area contributed by atoms with Crippen LogP contribution in [0.4, 0.5) is 0 Å². The highest BCUT2D eigenvalue weighted by molar-refractivity contribution is 5.79. The number of hydrogen-bond acceptors (Lipinski definition) is 3. The first-order chi connectivity index (χ1) is 8.71. The Bertz CT molecular complexity index is 244. The predicted molar refractivity (Wildman–Crippen MR) is 73.2 cm³/mol. The average molecular weight is 256 g/mol. The van der Waals surface area contributed by atoms with Gasteiger partial charge in [0.05, 0.1) is 12.6 Å². The van der Waals surface area contributed by atoms with E-state index in [-0.39, 0.29) is 17.9 Å². The monoisotopic (exact) mass is 256 g/mol. The molecule has 1 aliphatic rings. The maximum Gasteiger partial charge on any atom is 0.223 e. The van der Waals surface area contributed by atoms with E-state index >= 15 is 0 Å². The number of amides is 1. The van der Waals surface area contributed by atoms with Crippen LogP contribution in [0.5, 0.6) is 0 Å². The topological polar surface area (TPSA) is 64.3 Å². The van der Waals surface area contributed by atoms with Gasteiger partial charge in [-0.3, -0.25) is 4.79 Å². The average Bonchev–Trinajstić information content (AvgIpc) is 2.39. The number of hydrogen-bond donors (Lipinski definition) is 2.